The number of hydrogen-bond donors (Lipinski definition) is 1. The third-order valence-corrected chi connectivity index (χ3v) is 5.65. The number of piperazine rings is 1. The molecule has 2 saturated heterocycles. The Bertz CT molecular complexity index is 529. The minimum Gasteiger partial charge on any atom is -0.340 e. The van der Waals surface area contributed by atoms with E-state index in [0.717, 1.165) is 69.4 Å². The molecule has 1 aromatic heterocycles. The third kappa shape index (κ3) is 6.22. The van der Waals surface area contributed by atoms with E-state index < -0.39 is 0 Å². The lowest BCUT2D eigenvalue weighted by Gasteiger charge is -2.41. The van der Waals surface area contributed by atoms with Crippen molar-refractivity contribution in [3.63, 3.8) is 0 Å². The number of carbonyl (C=O) groups is 1. The largest absolute Gasteiger partial charge is 0.340 e. The van der Waals surface area contributed by atoms with Gasteiger partial charge >= 0.3 is 0 Å². The highest BCUT2D eigenvalue weighted by atomic mass is 35.5. The number of amides is 1. The number of thiazole rings is 1. The Labute approximate surface area is 173 Å². The summed E-state index contributed by atoms with van der Waals surface area (Å²) < 4.78 is 0. The molecule has 0 saturated carbocycles. The Hall–Kier alpha value is -0.110. The quantitative estimate of drug-likeness (QED) is 0.799. The zero-order chi connectivity index (χ0) is 15.6. The predicted octanol–water partition coefficient (Wildman–Crippen LogP) is 2.75. The summed E-state index contributed by atoms with van der Waals surface area (Å²) in [5.41, 5.74) is 0.956. The van der Waals surface area contributed by atoms with Crippen LogP contribution in [0, 0.1) is 12.3 Å². The fourth-order valence-electron chi connectivity index (χ4n) is 3.44. The molecule has 1 atom stereocenters. The van der Waals surface area contributed by atoms with E-state index in [2.05, 4.69) is 32.4 Å². The smallest absolute Gasteiger partial charge is 0.229 e. The van der Waals surface area contributed by atoms with Crippen molar-refractivity contribution in [3.8, 4) is 0 Å². The number of rotatable bonds is 3. The van der Waals surface area contributed by atoms with Gasteiger partial charge in [-0.3, -0.25) is 9.69 Å². The van der Waals surface area contributed by atoms with Gasteiger partial charge in [0.15, 0.2) is 0 Å². The molecule has 146 valence electrons. The first kappa shape index (κ1) is 24.9. The molecular weight excluding hydrogens is 403 g/mol. The van der Waals surface area contributed by atoms with Crippen LogP contribution in [-0.4, -0.2) is 60.0 Å². The maximum atomic E-state index is 12.8. The molecule has 9 heteroatoms. The van der Waals surface area contributed by atoms with E-state index in [4.69, 9.17) is 0 Å². The van der Waals surface area contributed by atoms with Crippen molar-refractivity contribution in [1.82, 2.24) is 20.1 Å². The molecule has 0 spiro atoms. The summed E-state index contributed by atoms with van der Waals surface area (Å²) in [5.74, 6) is 0.337. The van der Waals surface area contributed by atoms with Crippen molar-refractivity contribution < 1.29 is 4.79 Å². The van der Waals surface area contributed by atoms with Gasteiger partial charge in [-0.25, -0.2) is 4.98 Å². The number of piperidine rings is 1. The molecule has 1 N–H and O–H groups in total. The van der Waals surface area contributed by atoms with E-state index >= 15 is 0 Å². The maximum absolute atomic E-state index is 12.8. The van der Waals surface area contributed by atoms with Crippen LogP contribution in [0.4, 0.5) is 0 Å². The first-order valence-corrected chi connectivity index (χ1v) is 9.08. The first-order valence-electron chi connectivity index (χ1n) is 8.20. The molecule has 0 aromatic carbocycles. The highest BCUT2D eigenvalue weighted by Crippen LogP contribution is 2.28. The van der Waals surface area contributed by atoms with Gasteiger partial charge in [0.2, 0.25) is 5.91 Å². The van der Waals surface area contributed by atoms with Crippen molar-refractivity contribution >= 4 is 54.5 Å². The Morgan fingerprint density at radius 2 is 1.96 bits per heavy atom. The summed E-state index contributed by atoms with van der Waals surface area (Å²) in [5, 5.41) is 6.64. The SMILES string of the molecule is Cc1nc(CN2CCN(C(=O)C3(C)CCCNC3)CC2)cs1.Cl.Cl.Cl. The van der Waals surface area contributed by atoms with Crippen LogP contribution < -0.4 is 5.32 Å². The average Bonchev–Trinajstić information content (AvgIpc) is 2.93. The number of nitrogens with zero attached hydrogens (tertiary/aromatic N) is 3. The Kier molecular flexibility index (Phi) is 10.9. The lowest BCUT2D eigenvalue weighted by Crippen LogP contribution is -2.55. The third-order valence-electron chi connectivity index (χ3n) is 4.83. The van der Waals surface area contributed by atoms with Gasteiger partial charge in [-0.2, -0.15) is 0 Å². The van der Waals surface area contributed by atoms with Crippen LogP contribution >= 0.6 is 48.6 Å². The van der Waals surface area contributed by atoms with Gasteiger partial charge in [-0.1, -0.05) is 0 Å². The predicted molar refractivity (Wildman–Crippen MR) is 111 cm³/mol. The van der Waals surface area contributed by atoms with Gasteiger partial charge in [0.05, 0.1) is 16.1 Å². The second-order valence-electron chi connectivity index (χ2n) is 6.77. The molecule has 2 aliphatic heterocycles. The standard InChI is InChI=1S/C16H26N4OS.3ClH/c1-13-18-14(11-22-13)10-19-6-8-20(9-7-19)15(21)16(2)4-3-5-17-12-16;;;/h11,17H,3-10,12H2,1-2H3;3*1H. The lowest BCUT2D eigenvalue weighted by atomic mass is 9.81. The summed E-state index contributed by atoms with van der Waals surface area (Å²) in [6.45, 7) is 10.5. The minimum atomic E-state index is -0.202. The Balaban J connectivity index is 0.00000192. The van der Waals surface area contributed by atoms with Gasteiger partial charge < -0.3 is 10.2 Å². The number of aryl methyl sites for hydroxylation is 1. The molecule has 0 radical (unpaired) electrons. The maximum Gasteiger partial charge on any atom is 0.229 e. The number of nitrogens with one attached hydrogen (secondary N) is 1. The van der Waals surface area contributed by atoms with E-state index in [0.29, 0.717) is 5.91 Å². The monoisotopic (exact) mass is 430 g/mol. The summed E-state index contributed by atoms with van der Waals surface area (Å²) >= 11 is 1.71. The second kappa shape index (κ2) is 10.9. The molecule has 1 unspecified atom stereocenters. The minimum absolute atomic E-state index is 0. The van der Waals surface area contributed by atoms with Gasteiger partial charge in [-0.15, -0.1) is 48.6 Å². The molecule has 5 nitrogen and oxygen atoms in total. The molecule has 1 amide bonds. The van der Waals surface area contributed by atoms with E-state index in [9.17, 15) is 4.79 Å². The molecule has 25 heavy (non-hydrogen) atoms. The van der Waals surface area contributed by atoms with Gasteiger partial charge in [0, 0.05) is 44.6 Å². The zero-order valence-corrected chi connectivity index (χ0v) is 18.1. The molecule has 3 rings (SSSR count). The van der Waals surface area contributed by atoms with Crippen molar-refractivity contribution in [3.05, 3.63) is 16.1 Å². The highest BCUT2D eigenvalue weighted by Gasteiger charge is 2.38. The molecule has 2 aliphatic rings. The summed E-state index contributed by atoms with van der Waals surface area (Å²) in [6.07, 6.45) is 2.11. The number of hydrogen-bond acceptors (Lipinski definition) is 5. The van der Waals surface area contributed by atoms with E-state index in [1.807, 2.05) is 6.92 Å². The Morgan fingerprint density at radius 3 is 2.48 bits per heavy atom. The number of aromatic nitrogens is 1. The lowest BCUT2D eigenvalue weighted by molar-refractivity contribution is -0.144. The van der Waals surface area contributed by atoms with Crippen LogP contribution in [0.15, 0.2) is 5.38 Å². The number of carbonyl (C=O) groups excluding carboxylic acids is 1. The van der Waals surface area contributed by atoms with Crippen LogP contribution in [0.2, 0.25) is 0 Å². The van der Waals surface area contributed by atoms with Crippen molar-refractivity contribution in [2.45, 2.75) is 33.2 Å². The van der Waals surface area contributed by atoms with Crippen molar-refractivity contribution in [1.29, 1.82) is 0 Å². The topological polar surface area (TPSA) is 48.5 Å². The molecule has 0 bridgehead atoms. The molecule has 0 aliphatic carbocycles. The summed E-state index contributed by atoms with van der Waals surface area (Å²) in [6, 6.07) is 0. The summed E-state index contributed by atoms with van der Waals surface area (Å²) in [7, 11) is 0. The fraction of sp³-hybridized carbons (Fsp3) is 0.750. The Morgan fingerprint density at radius 1 is 1.28 bits per heavy atom. The van der Waals surface area contributed by atoms with Gasteiger partial charge in [0.25, 0.3) is 0 Å². The van der Waals surface area contributed by atoms with Gasteiger partial charge in [-0.05, 0) is 33.2 Å². The molecule has 1 aromatic rings. The number of halogens is 3. The van der Waals surface area contributed by atoms with Crippen molar-refractivity contribution in [2.24, 2.45) is 5.41 Å². The van der Waals surface area contributed by atoms with E-state index in [1.165, 1.54) is 0 Å². The molecule has 2 fully saturated rings. The fourth-order valence-corrected chi connectivity index (χ4v) is 4.04. The van der Waals surface area contributed by atoms with Crippen LogP contribution in [0.1, 0.15) is 30.5 Å². The van der Waals surface area contributed by atoms with Crippen LogP contribution in [0.25, 0.3) is 0 Å². The van der Waals surface area contributed by atoms with Crippen LogP contribution in [0.5, 0.6) is 0 Å². The van der Waals surface area contributed by atoms with E-state index in [1.54, 1.807) is 11.3 Å². The van der Waals surface area contributed by atoms with Crippen LogP contribution in [-0.2, 0) is 11.3 Å². The second-order valence-corrected chi connectivity index (χ2v) is 7.83. The zero-order valence-electron chi connectivity index (χ0n) is 14.8. The van der Waals surface area contributed by atoms with E-state index in [-0.39, 0.29) is 42.6 Å². The molecule has 3 heterocycles. The highest BCUT2D eigenvalue weighted by molar-refractivity contribution is 7.09. The molecular formula is C16H29Cl3N4OS. The summed E-state index contributed by atoms with van der Waals surface area (Å²) in [4.78, 5) is 21.8. The average molecular weight is 432 g/mol. The normalized spacial score (nSPS) is 23.8. The van der Waals surface area contributed by atoms with Gasteiger partial charge in [0.1, 0.15) is 0 Å². The van der Waals surface area contributed by atoms with Crippen molar-refractivity contribution in [2.75, 3.05) is 39.3 Å². The first-order chi connectivity index (χ1) is 10.6. The van der Waals surface area contributed by atoms with Crippen LogP contribution in [0.3, 0.4) is 0 Å².